The minimum atomic E-state index is -0.836. The molecular formula is C11H6BN3O5. The Balaban J connectivity index is 2.31. The number of esters is 1. The summed E-state index contributed by atoms with van der Waals surface area (Å²) in [5.41, 5.74) is 4.88. The van der Waals surface area contributed by atoms with Crippen molar-refractivity contribution in [1.82, 2.24) is 9.97 Å². The second kappa shape index (κ2) is 3.83. The van der Waals surface area contributed by atoms with Crippen molar-refractivity contribution in [2.24, 2.45) is 0 Å². The van der Waals surface area contributed by atoms with Crippen LogP contribution in [0, 0.1) is 0 Å². The van der Waals surface area contributed by atoms with Gasteiger partial charge in [-0.2, -0.15) is 0 Å². The number of oxazole rings is 1. The summed E-state index contributed by atoms with van der Waals surface area (Å²) in [7, 11) is 6.46. The Labute approximate surface area is 112 Å². The van der Waals surface area contributed by atoms with Crippen LogP contribution >= 0.6 is 0 Å². The highest BCUT2D eigenvalue weighted by molar-refractivity contribution is 6.32. The molecule has 0 bridgehead atoms. The lowest BCUT2D eigenvalue weighted by Gasteiger charge is -2.08. The molecule has 3 rings (SSSR count). The quantitative estimate of drug-likeness (QED) is 0.426. The van der Waals surface area contributed by atoms with Crippen LogP contribution < -0.4 is 11.5 Å². The first-order valence-corrected chi connectivity index (χ1v) is 5.41. The number of aromatic nitrogens is 2. The van der Waals surface area contributed by atoms with Crippen molar-refractivity contribution in [3.63, 3.8) is 0 Å². The highest BCUT2D eigenvalue weighted by Gasteiger charge is 2.40. The molecule has 1 aliphatic carbocycles. The van der Waals surface area contributed by atoms with Gasteiger partial charge in [0.1, 0.15) is 22.9 Å². The Bertz CT molecular complexity index is 788. The number of carbonyl (C=O) groups excluding carboxylic acids is 3. The van der Waals surface area contributed by atoms with Crippen LogP contribution in [0.4, 0.5) is 5.82 Å². The van der Waals surface area contributed by atoms with E-state index in [4.69, 9.17) is 18.0 Å². The normalized spacial score (nSPS) is 13.1. The van der Waals surface area contributed by atoms with Crippen LogP contribution in [-0.2, 0) is 4.74 Å². The SMILES string of the molecule is [B]c1nc2c(o1)C(=O)c1c([nH]c(N)c1C(=O)OC)C2=O. The summed E-state index contributed by atoms with van der Waals surface area (Å²) in [6, 6.07) is 0. The summed E-state index contributed by atoms with van der Waals surface area (Å²) >= 11 is 0. The fourth-order valence-corrected chi connectivity index (χ4v) is 2.11. The summed E-state index contributed by atoms with van der Waals surface area (Å²) in [6.07, 6.45) is 0. The van der Waals surface area contributed by atoms with E-state index in [-0.39, 0.29) is 39.9 Å². The topological polar surface area (TPSA) is 128 Å². The molecule has 0 atom stereocenters. The summed E-state index contributed by atoms with van der Waals surface area (Å²) in [5.74, 6) is -2.93. The summed E-state index contributed by atoms with van der Waals surface area (Å²) in [6.45, 7) is 0. The van der Waals surface area contributed by atoms with E-state index in [1.807, 2.05) is 0 Å². The number of rotatable bonds is 1. The van der Waals surface area contributed by atoms with E-state index in [2.05, 4.69) is 14.7 Å². The number of hydrogen-bond donors (Lipinski definition) is 2. The molecule has 3 N–H and O–H groups in total. The van der Waals surface area contributed by atoms with Gasteiger partial charge in [-0.05, 0) is 0 Å². The number of carbonyl (C=O) groups is 3. The lowest BCUT2D eigenvalue weighted by Crippen LogP contribution is -2.21. The van der Waals surface area contributed by atoms with Crippen LogP contribution in [0.15, 0.2) is 4.42 Å². The Hall–Kier alpha value is -2.84. The molecule has 8 nitrogen and oxygen atoms in total. The Morgan fingerprint density at radius 2 is 2.10 bits per heavy atom. The minimum absolute atomic E-state index is 0.131. The van der Waals surface area contributed by atoms with Crippen LogP contribution in [0.5, 0.6) is 0 Å². The van der Waals surface area contributed by atoms with Crippen molar-refractivity contribution in [3.05, 3.63) is 28.3 Å². The number of nitrogen functional groups attached to an aromatic ring is 1. The molecule has 0 unspecified atom stereocenters. The summed E-state index contributed by atoms with van der Waals surface area (Å²) in [5, 5.41) is 0. The number of methoxy groups -OCH3 is 1. The molecule has 2 aromatic rings. The standard InChI is InChI=1S/C11H6BN3O5/c1-19-10(18)3-2-4(14-9(3)13)7(17)5-8(6(2)16)20-11(12)15-5/h14H,13H2,1H3. The zero-order valence-corrected chi connectivity index (χ0v) is 10.1. The largest absolute Gasteiger partial charge is 0.465 e. The van der Waals surface area contributed by atoms with Crippen molar-refractivity contribution < 1.29 is 23.5 Å². The maximum Gasteiger partial charge on any atom is 0.342 e. The summed E-state index contributed by atoms with van der Waals surface area (Å²) < 4.78 is 9.46. The first-order valence-electron chi connectivity index (χ1n) is 5.41. The van der Waals surface area contributed by atoms with Crippen molar-refractivity contribution >= 4 is 37.0 Å². The average Bonchev–Trinajstić information content (AvgIpc) is 2.96. The molecule has 0 saturated heterocycles. The number of hydrogen-bond acceptors (Lipinski definition) is 7. The number of ether oxygens (including phenoxy) is 1. The molecule has 0 aromatic carbocycles. The Kier molecular flexibility index (Phi) is 2.34. The molecule has 0 aliphatic heterocycles. The first-order chi connectivity index (χ1) is 9.45. The van der Waals surface area contributed by atoms with Gasteiger partial charge < -0.3 is 19.9 Å². The molecule has 0 saturated carbocycles. The van der Waals surface area contributed by atoms with Gasteiger partial charge in [0.15, 0.2) is 13.5 Å². The zero-order valence-electron chi connectivity index (χ0n) is 10.1. The van der Waals surface area contributed by atoms with Gasteiger partial charge in [0.2, 0.25) is 17.3 Å². The van der Waals surface area contributed by atoms with Crippen LogP contribution in [0.2, 0.25) is 0 Å². The molecule has 98 valence electrons. The Morgan fingerprint density at radius 1 is 1.40 bits per heavy atom. The third kappa shape index (κ3) is 1.37. The van der Waals surface area contributed by atoms with Crippen molar-refractivity contribution in [2.75, 3.05) is 12.8 Å². The predicted molar refractivity (Wildman–Crippen MR) is 65.3 cm³/mol. The molecule has 9 heteroatoms. The first kappa shape index (κ1) is 12.2. The van der Waals surface area contributed by atoms with Gasteiger partial charge in [-0.1, -0.05) is 0 Å². The highest BCUT2D eigenvalue weighted by Crippen LogP contribution is 2.31. The maximum absolute atomic E-state index is 12.3. The molecule has 1 aliphatic rings. The van der Waals surface area contributed by atoms with Crippen LogP contribution in [0.3, 0.4) is 0 Å². The van der Waals surface area contributed by atoms with E-state index in [9.17, 15) is 14.4 Å². The molecule has 0 amide bonds. The van der Waals surface area contributed by atoms with E-state index in [1.165, 1.54) is 0 Å². The molecule has 0 fully saturated rings. The van der Waals surface area contributed by atoms with Gasteiger partial charge in [-0.25, -0.2) is 9.78 Å². The molecule has 2 heterocycles. The highest BCUT2D eigenvalue weighted by atomic mass is 16.5. The van der Waals surface area contributed by atoms with E-state index in [1.54, 1.807) is 0 Å². The molecule has 2 radical (unpaired) electrons. The van der Waals surface area contributed by atoms with Gasteiger partial charge in [0.25, 0.3) is 0 Å². The zero-order chi connectivity index (χ0) is 14.6. The number of nitrogens with zero attached hydrogens (tertiary/aromatic N) is 1. The molecule has 20 heavy (non-hydrogen) atoms. The second-order valence-corrected chi connectivity index (χ2v) is 4.04. The van der Waals surface area contributed by atoms with E-state index in [0.717, 1.165) is 7.11 Å². The number of aromatic amines is 1. The number of ketones is 2. The minimum Gasteiger partial charge on any atom is -0.465 e. The predicted octanol–water partition coefficient (Wildman–Crippen LogP) is -1.06. The molecular weight excluding hydrogens is 265 g/mol. The van der Waals surface area contributed by atoms with Gasteiger partial charge in [-0.3, -0.25) is 9.59 Å². The average molecular weight is 271 g/mol. The van der Waals surface area contributed by atoms with Gasteiger partial charge in [0, 0.05) is 0 Å². The van der Waals surface area contributed by atoms with Crippen molar-refractivity contribution in [1.29, 1.82) is 0 Å². The van der Waals surface area contributed by atoms with E-state index >= 15 is 0 Å². The van der Waals surface area contributed by atoms with Crippen molar-refractivity contribution in [3.8, 4) is 0 Å². The lowest BCUT2D eigenvalue weighted by atomic mass is 9.94. The monoisotopic (exact) mass is 271 g/mol. The molecule has 0 spiro atoms. The number of nitrogens with one attached hydrogen (secondary N) is 1. The summed E-state index contributed by atoms with van der Waals surface area (Å²) in [4.78, 5) is 42.3. The van der Waals surface area contributed by atoms with Gasteiger partial charge in [-0.15, -0.1) is 0 Å². The van der Waals surface area contributed by atoms with Crippen LogP contribution in [0.25, 0.3) is 0 Å². The second-order valence-electron chi connectivity index (χ2n) is 4.04. The number of nitrogens with two attached hydrogens (primary N) is 1. The molecule has 2 aromatic heterocycles. The van der Waals surface area contributed by atoms with Gasteiger partial charge in [0.05, 0.1) is 12.7 Å². The fraction of sp³-hybridized carbons (Fsp3) is 0.0909. The van der Waals surface area contributed by atoms with Crippen molar-refractivity contribution in [2.45, 2.75) is 0 Å². The fourth-order valence-electron chi connectivity index (χ4n) is 2.11. The smallest absolute Gasteiger partial charge is 0.342 e. The lowest BCUT2D eigenvalue weighted by molar-refractivity contribution is 0.0599. The number of fused-ring (bicyclic) bond motifs is 2. The third-order valence-corrected chi connectivity index (χ3v) is 2.94. The number of H-pyrrole nitrogens is 1. The Morgan fingerprint density at radius 3 is 2.75 bits per heavy atom. The van der Waals surface area contributed by atoms with E-state index < -0.39 is 17.5 Å². The third-order valence-electron chi connectivity index (χ3n) is 2.94. The van der Waals surface area contributed by atoms with Crippen LogP contribution in [-0.4, -0.2) is 42.5 Å². The van der Waals surface area contributed by atoms with E-state index in [0.29, 0.717) is 0 Å². The van der Waals surface area contributed by atoms with Crippen LogP contribution in [0.1, 0.15) is 42.7 Å². The maximum atomic E-state index is 12.3. The number of anilines is 1. The van der Waals surface area contributed by atoms with Gasteiger partial charge >= 0.3 is 5.97 Å².